The Morgan fingerprint density at radius 3 is 2.61 bits per heavy atom. The van der Waals surface area contributed by atoms with Crippen LogP contribution in [0.4, 0.5) is 5.69 Å². The third kappa shape index (κ3) is 8.26. The summed E-state index contributed by atoms with van der Waals surface area (Å²) < 4.78 is 0. The van der Waals surface area contributed by atoms with Gasteiger partial charge in [0.05, 0.1) is 11.4 Å². The van der Waals surface area contributed by atoms with E-state index in [1.54, 1.807) is 12.1 Å². The van der Waals surface area contributed by atoms with E-state index in [0.29, 0.717) is 6.54 Å². The molecule has 33 heavy (non-hydrogen) atoms. The van der Waals surface area contributed by atoms with Crippen LogP contribution in [-0.2, 0) is 6.54 Å². The number of aromatic nitrogens is 2. The van der Waals surface area contributed by atoms with E-state index >= 15 is 0 Å². The van der Waals surface area contributed by atoms with E-state index in [9.17, 15) is 4.79 Å². The number of aromatic amines is 1. The number of allylic oxidation sites excluding steroid dienone is 1. The SMILES string of the molecule is C/C=C\N=C(CC)CN(C)Cc1cc(=O)cc(-c2cc(N3CCN(C)CC3)ccn2)[nH]1.CC. The average molecular weight is 453 g/mol. The number of rotatable bonds is 8. The second-order valence-corrected chi connectivity index (χ2v) is 8.15. The summed E-state index contributed by atoms with van der Waals surface area (Å²) in [5, 5.41) is 0. The van der Waals surface area contributed by atoms with Gasteiger partial charge in [-0.25, -0.2) is 0 Å². The topological polar surface area (TPSA) is 67.8 Å². The number of pyridine rings is 2. The standard InChI is InChI=1S/C24H34N6O.C2H6/c1-5-8-25-19(6-2)17-29(4)18-20-14-22(31)16-24(27-20)23-15-21(7-9-26-23)30-12-10-28(3)11-13-30;1-2/h5,7-9,14-16H,6,10-13,17-18H2,1-4H3,(H,27,31);1-2H3/b8-5-,25-19?;. The van der Waals surface area contributed by atoms with Crippen LogP contribution in [0.5, 0.6) is 0 Å². The molecule has 3 heterocycles. The van der Waals surface area contributed by atoms with Gasteiger partial charge >= 0.3 is 0 Å². The Labute approximate surface area is 198 Å². The van der Waals surface area contributed by atoms with E-state index in [4.69, 9.17) is 0 Å². The van der Waals surface area contributed by atoms with E-state index in [0.717, 1.165) is 67.6 Å². The van der Waals surface area contributed by atoms with Gasteiger partial charge in [-0.3, -0.25) is 19.7 Å². The van der Waals surface area contributed by atoms with Crippen LogP contribution >= 0.6 is 0 Å². The van der Waals surface area contributed by atoms with Gasteiger partial charge in [-0.05, 0) is 39.6 Å². The second-order valence-electron chi connectivity index (χ2n) is 8.15. The van der Waals surface area contributed by atoms with Crippen LogP contribution in [0.25, 0.3) is 11.4 Å². The largest absolute Gasteiger partial charge is 0.369 e. The van der Waals surface area contributed by atoms with Gasteiger partial charge in [-0.15, -0.1) is 0 Å². The van der Waals surface area contributed by atoms with E-state index in [2.05, 4.69) is 49.7 Å². The van der Waals surface area contributed by atoms with E-state index in [1.165, 1.54) is 0 Å². The van der Waals surface area contributed by atoms with E-state index in [1.807, 2.05) is 52.4 Å². The predicted octanol–water partition coefficient (Wildman–Crippen LogP) is 4.03. The van der Waals surface area contributed by atoms with Crippen molar-refractivity contribution in [2.24, 2.45) is 4.99 Å². The molecule has 7 nitrogen and oxygen atoms in total. The number of anilines is 1. The van der Waals surface area contributed by atoms with Gasteiger partial charge in [0.1, 0.15) is 0 Å². The minimum Gasteiger partial charge on any atom is -0.369 e. The number of H-pyrrole nitrogens is 1. The maximum atomic E-state index is 12.4. The molecule has 1 aliphatic heterocycles. The van der Waals surface area contributed by atoms with Gasteiger partial charge in [0.2, 0.25) is 0 Å². The smallest absolute Gasteiger partial charge is 0.182 e. The molecule has 0 amide bonds. The van der Waals surface area contributed by atoms with Crippen LogP contribution < -0.4 is 10.3 Å². The molecule has 3 rings (SSSR count). The van der Waals surface area contributed by atoms with Crippen molar-refractivity contribution in [3.63, 3.8) is 0 Å². The summed E-state index contributed by atoms with van der Waals surface area (Å²) in [7, 11) is 4.19. The molecular formula is C26H40N6O. The van der Waals surface area contributed by atoms with Gasteiger partial charge in [0.25, 0.3) is 0 Å². The lowest BCUT2D eigenvalue weighted by atomic mass is 10.2. The third-order valence-corrected chi connectivity index (χ3v) is 5.49. The molecule has 0 aromatic carbocycles. The molecule has 0 aliphatic carbocycles. The molecule has 0 unspecified atom stereocenters. The summed E-state index contributed by atoms with van der Waals surface area (Å²) in [6.07, 6.45) is 6.48. The van der Waals surface area contributed by atoms with Gasteiger partial charge in [-0.2, -0.15) is 0 Å². The Balaban J connectivity index is 0.00000187. The number of nitrogens with one attached hydrogen (secondary N) is 1. The molecule has 2 aromatic rings. The number of hydrogen-bond donors (Lipinski definition) is 1. The van der Waals surface area contributed by atoms with Gasteiger partial charge in [0, 0.05) is 80.9 Å². The first-order valence-corrected chi connectivity index (χ1v) is 12.0. The second kappa shape index (κ2) is 13.7. The maximum Gasteiger partial charge on any atom is 0.182 e. The highest BCUT2D eigenvalue weighted by molar-refractivity contribution is 5.86. The normalized spacial score (nSPS) is 15.1. The van der Waals surface area contributed by atoms with Crippen LogP contribution in [0.1, 0.15) is 39.8 Å². The first kappa shape index (κ1) is 26.5. The van der Waals surface area contributed by atoms with E-state index in [-0.39, 0.29) is 5.43 Å². The van der Waals surface area contributed by atoms with Gasteiger partial charge in [0.15, 0.2) is 5.43 Å². The zero-order valence-corrected chi connectivity index (χ0v) is 21.1. The highest BCUT2D eigenvalue weighted by Crippen LogP contribution is 2.22. The highest BCUT2D eigenvalue weighted by atomic mass is 16.1. The van der Waals surface area contributed by atoms with Crippen molar-refractivity contribution in [3.8, 4) is 11.4 Å². The lowest BCUT2D eigenvalue weighted by molar-refractivity contribution is 0.313. The summed E-state index contributed by atoms with van der Waals surface area (Å²) in [5.74, 6) is 0. The van der Waals surface area contributed by atoms with Crippen molar-refractivity contribution in [1.82, 2.24) is 19.8 Å². The molecule has 0 radical (unpaired) electrons. The highest BCUT2D eigenvalue weighted by Gasteiger charge is 2.15. The predicted molar refractivity (Wildman–Crippen MR) is 140 cm³/mol. The zero-order valence-electron chi connectivity index (χ0n) is 21.1. The average Bonchev–Trinajstić information content (AvgIpc) is 2.83. The zero-order chi connectivity index (χ0) is 24.2. The van der Waals surface area contributed by atoms with Gasteiger partial charge in [-0.1, -0.05) is 26.8 Å². The molecule has 0 saturated carbocycles. The lowest BCUT2D eigenvalue weighted by Crippen LogP contribution is -2.44. The molecule has 7 heteroatoms. The monoisotopic (exact) mass is 452 g/mol. The van der Waals surface area contributed by atoms with Crippen LogP contribution in [0.3, 0.4) is 0 Å². The minimum atomic E-state index is -0.0118. The minimum absolute atomic E-state index is 0.0118. The summed E-state index contributed by atoms with van der Waals surface area (Å²) in [6, 6.07) is 7.41. The number of piperazine rings is 1. The molecule has 0 bridgehead atoms. The van der Waals surface area contributed by atoms with Crippen LogP contribution in [0, 0.1) is 0 Å². The summed E-state index contributed by atoms with van der Waals surface area (Å²) in [4.78, 5) is 31.7. The number of aliphatic imine (C=N–C) groups is 1. The lowest BCUT2D eigenvalue weighted by Gasteiger charge is -2.34. The molecule has 1 saturated heterocycles. The first-order chi connectivity index (χ1) is 16.0. The number of hydrogen-bond acceptors (Lipinski definition) is 6. The van der Waals surface area contributed by atoms with Crippen molar-refractivity contribution in [2.75, 3.05) is 51.7 Å². The molecule has 1 fully saturated rings. The number of likely N-dealkylation sites (N-methyl/N-ethyl adjacent to an activating group) is 1. The summed E-state index contributed by atoms with van der Waals surface area (Å²) >= 11 is 0. The fraction of sp³-hybridized carbons (Fsp3) is 0.500. The number of nitrogens with zero attached hydrogens (tertiary/aromatic N) is 5. The molecule has 180 valence electrons. The summed E-state index contributed by atoms with van der Waals surface area (Å²) in [6.45, 7) is 13.5. The fourth-order valence-corrected chi connectivity index (χ4v) is 3.73. The maximum absolute atomic E-state index is 12.4. The van der Waals surface area contributed by atoms with Crippen molar-refractivity contribution in [1.29, 1.82) is 0 Å². The van der Waals surface area contributed by atoms with E-state index < -0.39 is 0 Å². The Bertz CT molecular complexity index is 973. The van der Waals surface area contributed by atoms with Crippen LogP contribution in [-0.4, -0.2) is 72.3 Å². The molecule has 0 spiro atoms. The fourth-order valence-electron chi connectivity index (χ4n) is 3.73. The molecule has 0 atom stereocenters. The van der Waals surface area contributed by atoms with Crippen molar-refractivity contribution < 1.29 is 0 Å². The van der Waals surface area contributed by atoms with Crippen molar-refractivity contribution in [2.45, 2.75) is 40.7 Å². The Morgan fingerprint density at radius 1 is 1.21 bits per heavy atom. The van der Waals surface area contributed by atoms with Crippen molar-refractivity contribution >= 4 is 11.4 Å². The van der Waals surface area contributed by atoms with Crippen LogP contribution in [0.2, 0.25) is 0 Å². The van der Waals surface area contributed by atoms with Crippen molar-refractivity contribution in [3.05, 3.63) is 58.7 Å². The third-order valence-electron chi connectivity index (χ3n) is 5.49. The quantitative estimate of drug-likeness (QED) is 0.613. The Morgan fingerprint density at radius 2 is 1.94 bits per heavy atom. The van der Waals surface area contributed by atoms with Crippen LogP contribution in [0.15, 0.2) is 52.5 Å². The summed E-state index contributed by atoms with van der Waals surface area (Å²) in [5.41, 5.74) is 4.67. The first-order valence-electron chi connectivity index (χ1n) is 12.0. The Hall–Kier alpha value is -2.77. The molecular weight excluding hydrogens is 412 g/mol. The molecule has 1 aliphatic rings. The molecule has 1 N–H and O–H groups in total. The molecule has 2 aromatic heterocycles. The van der Waals surface area contributed by atoms with Gasteiger partial charge < -0.3 is 14.8 Å². The Kier molecular flexibility index (Phi) is 11.0.